The maximum absolute atomic E-state index is 6.25. The summed E-state index contributed by atoms with van der Waals surface area (Å²) < 4.78 is 0. The molecule has 1 spiro atoms. The minimum Gasteiger partial charge on any atom is -0.369 e. The molecule has 3 nitrogen and oxygen atoms in total. The van der Waals surface area contributed by atoms with E-state index in [-0.39, 0.29) is 5.54 Å². The van der Waals surface area contributed by atoms with Crippen molar-refractivity contribution in [3.63, 3.8) is 0 Å². The first-order chi connectivity index (χ1) is 9.44. The fourth-order valence-electron chi connectivity index (χ4n) is 4.10. The second-order valence-corrected chi connectivity index (χ2v) is 7.22. The van der Waals surface area contributed by atoms with Crippen LogP contribution in [0, 0.1) is 12.3 Å². The highest BCUT2D eigenvalue weighted by molar-refractivity contribution is 5.99. The van der Waals surface area contributed by atoms with Gasteiger partial charge in [-0.2, -0.15) is 0 Å². The van der Waals surface area contributed by atoms with Gasteiger partial charge in [-0.1, -0.05) is 38.5 Å². The molecule has 1 aromatic rings. The molecule has 1 saturated carbocycles. The maximum atomic E-state index is 6.25. The topological polar surface area (TPSA) is 41.6 Å². The molecule has 0 bridgehead atoms. The van der Waals surface area contributed by atoms with E-state index in [1.165, 1.54) is 36.9 Å². The predicted molar refractivity (Wildman–Crippen MR) is 85.1 cm³/mol. The Morgan fingerprint density at radius 2 is 1.95 bits per heavy atom. The molecule has 0 aromatic heterocycles. The molecule has 0 radical (unpaired) electrons. The van der Waals surface area contributed by atoms with Crippen molar-refractivity contribution in [2.75, 3.05) is 11.4 Å². The number of aliphatic imine (C=N–C) groups is 1. The fourth-order valence-corrected chi connectivity index (χ4v) is 4.10. The van der Waals surface area contributed by atoms with Crippen LogP contribution in [-0.4, -0.2) is 18.0 Å². The molecule has 1 aliphatic carbocycles. The van der Waals surface area contributed by atoms with Crippen LogP contribution in [0.1, 0.15) is 45.1 Å². The van der Waals surface area contributed by atoms with Crippen LogP contribution >= 0.6 is 0 Å². The van der Waals surface area contributed by atoms with Gasteiger partial charge < -0.3 is 10.6 Å². The number of para-hydroxylation sites is 1. The van der Waals surface area contributed by atoms with Gasteiger partial charge in [0.25, 0.3) is 0 Å². The Balaban J connectivity index is 2.03. The summed E-state index contributed by atoms with van der Waals surface area (Å²) in [5.74, 6) is 0.692. The first-order valence-electron chi connectivity index (χ1n) is 7.59. The largest absolute Gasteiger partial charge is 0.369 e. The number of rotatable bonds is 1. The third-order valence-corrected chi connectivity index (χ3v) is 4.90. The van der Waals surface area contributed by atoms with E-state index < -0.39 is 0 Å². The van der Waals surface area contributed by atoms with Gasteiger partial charge in [-0.15, -0.1) is 0 Å². The van der Waals surface area contributed by atoms with E-state index >= 15 is 0 Å². The zero-order chi connectivity index (χ0) is 14.4. The van der Waals surface area contributed by atoms with Crippen molar-refractivity contribution >= 4 is 11.6 Å². The number of hydrogen-bond donors (Lipinski definition) is 1. The summed E-state index contributed by atoms with van der Waals surface area (Å²) in [6.45, 7) is 7.75. The number of aryl methyl sites for hydroxylation is 1. The molecule has 2 N–H and O–H groups in total. The maximum Gasteiger partial charge on any atom is 0.196 e. The van der Waals surface area contributed by atoms with E-state index in [9.17, 15) is 0 Å². The van der Waals surface area contributed by atoms with Crippen LogP contribution in [0.15, 0.2) is 29.3 Å². The van der Waals surface area contributed by atoms with Crippen LogP contribution in [0.5, 0.6) is 0 Å². The Bertz CT molecular complexity index is 547. The molecule has 0 saturated heterocycles. The number of anilines is 1. The Morgan fingerprint density at radius 1 is 1.20 bits per heavy atom. The van der Waals surface area contributed by atoms with Crippen LogP contribution < -0.4 is 10.6 Å². The quantitative estimate of drug-likeness (QED) is 0.849. The second kappa shape index (κ2) is 4.51. The van der Waals surface area contributed by atoms with Gasteiger partial charge >= 0.3 is 0 Å². The van der Waals surface area contributed by atoms with Crippen LogP contribution in [0.25, 0.3) is 0 Å². The van der Waals surface area contributed by atoms with Crippen LogP contribution in [-0.2, 0) is 0 Å². The molecule has 20 heavy (non-hydrogen) atoms. The molecular weight excluding hydrogens is 246 g/mol. The predicted octanol–water partition coefficient (Wildman–Crippen LogP) is 3.47. The Labute approximate surface area is 121 Å². The van der Waals surface area contributed by atoms with Crippen molar-refractivity contribution in [1.29, 1.82) is 0 Å². The molecule has 1 unspecified atom stereocenters. The van der Waals surface area contributed by atoms with Crippen molar-refractivity contribution in [2.24, 2.45) is 16.1 Å². The SMILES string of the molecule is Cc1ccccc1N1C(N)=NCC12CCCC(C)(C)C2. The van der Waals surface area contributed by atoms with E-state index in [0.717, 1.165) is 6.54 Å². The minimum absolute atomic E-state index is 0.0952. The standard InChI is InChI=1S/C17H25N3/c1-13-7-4-5-8-14(13)20-15(18)19-12-17(20)10-6-9-16(2,3)11-17/h4-5,7-8H,6,9-12H2,1-3H3,(H2,18,19). The number of nitrogens with zero attached hydrogens (tertiary/aromatic N) is 2. The van der Waals surface area contributed by atoms with Crippen LogP contribution in [0.2, 0.25) is 0 Å². The first-order valence-corrected chi connectivity index (χ1v) is 7.59. The van der Waals surface area contributed by atoms with Crippen molar-refractivity contribution in [1.82, 2.24) is 0 Å². The van der Waals surface area contributed by atoms with Gasteiger partial charge in [0.2, 0.25) is 0 Å². The Kier molecular flexibility index (Phi) is 3.03. The van der Waals surface area contributed by atoms with Crippen molar-refractivity contribution in [2.45, 2.75) is 52.0 Å². The zero-order valence-electron chi connectivity index (χ0n) is 12.8. The lowest BCUT2D eigenvalue weighted by Gasteiger charge is -2.48. The number of guanidine groups is 1. The third kappa shape index (κ3) is 2.09. The highest BCUT2D eigenvalue weighted by Crippen LogP contribution is 2.47. The first kappa shape index (κ1) is 13.5. The van der Waals surface area contributed by atoms with Gasteiger partial charge in [0.05, 0.1) is 12.1 Å². The fraction of sp³-hybridized carbons (Fsp3) is 0.588. The summed E-state index contributed by atoms with van der Waals surface area (Å²) in [5, 5.41) is 0. The molecule has 1 aromatic carbocycles. The molecular formula is C17H25N3. The molecule has 108 valence electrons. The summed E-state index contributed by atoms with van der Waals surface area (Å²) in [5.41, 5.74) is 9.22. The molecule has 1 aliphatic heterocycles. The Morgan fingerprint density at radius 3 is 2.65 bits per heavy atom. The van der Waals surface area contributed by atoms with Crippen LogP contribution in [0.4, 0.5) is 5.69 Å². The lowest BCUT2D eigenvalue weighted by molar-refractivity contribution is 0.163. The minimum atomic E-state index is 0.0952. The van der Waals surface area contributed by atoms with E-state index in [0.29, 0.717) is 11.4 Å². The summed E-state index contributed by atoms with van der Waals surface area (Å²) >= 11 is 0. The number of hydrogen-bond acceptors (Lipinski definition) is 3. The van der Waals surface area contributed by atoms with Gasteiger partial charge in [-0.25, -0.2) is 0 Å². The van der Waals surface area contributed by atoms with Gasteiger partial charge in [-0.05, 0) is 43.2 Å². The highest BCUT2D eigenvalue weighted by Gasteiger charge is 2.48. The molecule has 2 aliphatic rings. The lowest BCUT2D eigenvalue weighted by Crippen LogP contribution is -2.56. The second-order valence-electron chi connectivity index (χ2n) is 7.22. The van der Waals surface area contributed by atoms with Crippen LogP contribution in [0.3, 0.4) is 0 Å². The van der Waals surface area contributed by atoms with Crippen molar-refractivity contribution < 1.29 is 0 Å². The van der Waals surface area contributed by atoms with Gasteiger partial charge in [0, 0.05) is 5.69 Å². The van der Waals surface area contributed by atoms with Crippen molar-refractivity contribution in [3.05, 3.63) is 29.8 Å². The average Bonchev–Trinajstić information content (AvgIpc) is 2.66. The zero-order valence-corrected chi connectivity index (χ0v) is 12.8. The van der Waals surface area contributed by atoms with Gasteiger partial charge in [0.15, 0.2) is 5.96 Å². The number of nitrogens with two attached hydrogens (primary N) is 1. The molecule has 3 heteroatoms. The monoisotopic (exact) mass is 271 g/mol. The molecule has 1 heterocycles. The van der Waals surface area contributed by atoms with E-state index in [2.05, 4.69) is 54.9 Å². The molecule has 3 rings (SSSR count). The van der Waals surface area contributed by atoms with Gasteiger partial charge in [-0.3, -0.25) is 4.99 Å². The number of benzene rings is 1. The smallest absolute Gasteiger partial charge is 0.196 e. The molecule has 1 fully saturated rings. The highest BCUT2D eigenvalue weighted by atomic mass is 15.4. The summed E-state index contributed by atoms with van der Waals surface area (Å²) in [4.78, 5) is 6.92. The Hall–Kier alpha value is -1.51. The molecule has 0 amide bonds. The van der Waals surface area contributed by atoms with E-state index in [1.807, 2.05) is 0 Å². The third-order valence-electron chi connectivity index (χ3n) is 4.90. The summed E-state index contributed by atoms with van der Waals surface area (Å²) in [6.07, 6.45) is 4.92. The van der Waals surface area contributed by atoms with E-state index in [1.54, 1.807) is 0 Å². The summed E-state index contributed by atoms with van der Waals surface area (Å²) in [6, 6.07) is 8.50. The average molecular weight is 271 g/mol. The normalized spacial score (nSPS) is 28.8. The lowest BCUT2D eigenvalue weighted by atomic mass is 9.67. The summed E-state index contributed by atoms with van der Waals surface area (Å²) in [7, 11) is 0. The molecule has 1 atom stereocenters. The van der Waals surface area contributed by atoms with E-state index in [4.69, 9.17) is 5.73 Å². The van der Waals surface area contributed by atoms with Crippen molar-refractivity contribution in [3.8, 4) is 0 Å². The van der Waals surface area contributed by atoms with Gasteiger partial charge in [0.1, 0.15) is 0 Å².